The maximum absolute atomic E-state index is 12.6. The number of nitrogens with zero attached hydrogens (tertiary/aromatic N) is 1. The number of phenols is 1. The summed E-state index contributed by atoms with van der Waals surface area (Å²) in [7, 11) is 0. The van der Waals surface area contributed by atoms with Crippen LogP contribution in [0.25, 0.3) is 0 Å². The molecule has 0 atom stereocenters. The lowest BCUT2D eigenvalue weighted by atomic mass is 10.1. The number of nitrogens with one attached hydrogen (secondary N) is 2. The molecule has 0 aromatic heterocycles. The zero-order valence-corrected chi connectivity index (χ0v) is 17.1. The molecule has 0 aliphatic heterocycles. The van der Waals surface area contributed by atoms with Gasteiger partial charge in [-0.15, -0.1) is 0 Å². The third-order valence-corrected chi connectivity index (χ3v) is 4.66. The molecule has 146 valence electrons. The van der Waals surface area contributed by atoms with Crippen LogP contribution >= 0.6 is 15.9 Å². The van der Waals surface area contributed by atoms with Crippen LogP contribution in [0.3, 0.4) is 0 Å². The molecule has 0 fully saturated rings. The van der Waals surface area contributed by atoms with Crippen molar-refractivity contribution in [2.45, 2.75) is 6.92 Å². The van der Waals surface area contributed by atoms with Gasteiger partial charge in [0.25, 0.3) is 11.8 Å². The highest BCUT2D eigenvalue weighted by atomic mass is 79.9. The average Bonchev–Trinajstić information content (AvgIpc) is 2.71. The quantitative estimate of drug-likeness (QED) is 0.394. The van der Waals surface area contributed by atoms with E-state index in [2.05, 4.69) is 31.8 Å². The van der Waals surface area contributed by atoms with Crippen LogP contribution in [0.15, 0.2) is 76.3 Å². The summed E-state index contributed by atoms with van der Waals surface area (Å²) < 4.78 is 0.771. The van der Waals surface area contributed by atoms with Gasteiger partial charge in [-0.3, -0.25) is 9.59 Å². The van der Waals surface area contributed by atoms with Gasteiger partial charge in [-0.05, 0) is 48.9 Å². The predicted molar refractivity (Wildman–Crippen MR) is 116 cm³/mol. The van der Waals surface area contributed by atoms with E-state index in [9.17, 15) is 14.7 Å². The van der Waals surface area contributed by atoms with Crippen LogP contribution in [0, 0.1) is 6.92 Å². The van der Waals surface area contributed by atoms with Crippen molar-refractivity contribution in [3.63, 3.8) is 0 Å². The Kier molecular flexibility index (Phi) is 6.41. The number of halogens is 1. The van der Waals surface area contributed by atoms with Gasteiger partial charge in [-0.2, -0.15) is 5.10 Å². The first kappa shape index (κ1) is 20.3. The Hall–Kier alpha value is -3.45. The van der Waals surface area contributed by atoms with Crippen LogP contribution in [0.2, 0.25) is 0 Å². The molecule has 0 aliphatic rings. The van der Waals surface area contributed by atoms with E-state index in [0.717, 1.165) is 10.0 Å². The van der Waals surface area contributed by atoms with Crippen molar-refractivity contribution < 1.29 is 14.7 Å². The molecule has 0 aliphatic carbocycles. The van der Waals surface area contributed by atoms with Gasteiger partial charge in [-0.25, -0.2) is 5.43 Å². The van der Waals surface area contributed by atoms with Crippen molar-refractivity contribution in [2.75, 3.05) is 5.32 Å². The molecule has 0 saturated heterocycles. The molecular weight excluding hydrogens is 434 g/mol. The van der Waals surface area contributed by atoms with Gasteiger partial charge in [0, 0.05) is 15.6 Å². The van der Waals surface area contributed by atoms with E-state index >= 15 is 0 Å². The number of hydrazone groups is 1. The van der Waals surface area contributed by atoms with Crippen molar-refractivity contribution >= 4 is 39.6 Å². The highest BCUT2D eigenvalue weighted by Gasteiger charge is 2.14. The van der Waals surface area contributed by atoms with Crippen molar-refractivity contribution in [2.24, 2.45) is 5.10 Å². The fourth-order valence-electron chi connectivity index (χ4n) is 2.66. The van der Waals surface area contributed by atoms with Crippen LogP contribution < -0.4 is 10.7 Å². The number of para-hydroxylation sites is 1. The number of aryl methyl sites for hydroxylation is 1. The number of amides is 2. The summed E-state index contributed by atoms with van der Waals surface area (Å²) in [5.41, 5.74) is 4.87. The maximum atomic E-state index is 12.6. The van der Waals surface area contributed by atoms with Gasteiger partial charge in [0.15, 0.2) is 0 Å². The molecule has 3 N–H and O–H groups in total. The average molecular weight is 452 g/mol. The normalized spacial score (nSPS) is 10.7. The van der Waals surface area contributed by atoms with E-state index in [1.165, 1.54) is 12.3 Å². The number of hydrogen-bond donors (Lipinski definition) is 3. The summed E-state index contributed by atoms with van der Waals surface area (Å²) in [5, 5.41) is 16.5. The fourth-order valence-corrected chi connectivity index (χ4v) is 3.04. The molecule has 3 aromatic carbocycles. The third kappa shape index (κ3) is 5.08. The third-order valence-electron chi connectivity index (χ3n) is 4.17. The SMILES string of the molecule is Cc1ccccc1C(=O)Nc1ccccc1C(=O)N/N=C/c1cc(Br)ccc1O. The molecule has 0 spiro atoms. The zero-order valence-electron chi connectivity index (χ0n) is 15.5. The summed E-state index contributed by atoms with van der Waals surface area (Å²) in [6.45, 7) is 1.85. The van der Waals surface area contributed by atoms with Crippen LogP contribution in [-0.4, -0.2) is 23.1 Å². The number of anilines is 1. The van der Waals surface area contributed by atoms with E-state index in [0.29, 0.717) is 16.8 Å². The van der Waals surface area contributed by atoms with E-state index in [-0.39, 0.29) is 17.2 Å². The molecule has 0 unspecified atom stereocenters. The molecule has 3 rings (SSSR count). The maximum Gasteiger partial charge on any atom is 0.273 e. The lowest BCUT2D eigenvalue weighted by Gasteiger charge is -2.11. The van der Waals surface area contributed by atoms with Crippen LogP contribution in [0.4, 0.5) is 5.69 Å². The largest absolute Gasteiger partial charge is 0.507 e. The minimum atomic E-state index is -0.489. The van der Waals surface area contributed by atoms with Gasteiger partial charge >= 0.3 is 0 Å². The fraction of sp³-hybridized carbons (Fsp3) is 0.0455. The molecule has 2 amide bonds. The smallest absolute Gasteiger partial charge is 0.273 e. The van der Waals surface area contributed by atoms with E-state index < -0.39 is 5.91 Å². The minimum Gasteiger partial charge on any atom is -0.507 e. The molecule has 0 heterocycles. The number of carbonyl (C=O) groups excluding carboxylic acids is 2. The number of hydrogen-bond acceptors (Lipinski definition) is 4. The second kappa shape index (κ2) is 9.16. The Bertz CT molecular complexity index is 1100. The highest BCUT2D eigenvalue weighted by molar-refractivity contribution is 9.10. The number of rotatable bonds is 5. The summed E-state index contributed by atoms with van der Waals surface area (Å²) in [6.07, 6.45) is 1.34. The highest BCUT2D eigenvalue weighted by Crippen LogP contribution is 2.20. The lowest BCUT2D eigenvalue weighted by molar-refractivity contribution is 0.0956. The van der Waals surface area contributed by atoms with Crippen LogP contribution in [0.5, 0.6) is 5.75 Å². The summed E-state index contributed by atoms with van der Waals surface area (Å²) in [6, 6.07) is 18.8. The first-order valence-electron chi connectivity index (χ1n) is 8.73. The van der Waals surface area contributed by atoms with Gasteiger partial charge in [-0.1, -0.05) is 46.3 Å². The Balaban J connectivity index is 1.75. The first-order valence-corrected chi connectivity index (χ1v) is 9.53. The Morgan fingerprint density at radius 1 is 0.966 bits per heavy atom. The van der Waals surface area contributed by atoms with E-state index in [1.54, 1.807) is 48.5 Å². The monoisotopic (exact) mass is 451 g/mol. The van der Waals surface area contributed by atoms with Gasteiger partial charge in [0.1, 0.15) is 5.75 Å². The molecular formula is C22H18BrN3O3. The summed E-state index contributed by atoms with van der Waals surface area (Å²) >= 11 is 3.31. The van der Waals surface area contributed by atoms with E-state index in [1.807, 2.05) is 19.1 Å². The zero-order chi connectivity index (χ0) is 20.8. The Labute approximate surface area is 176 Å². The standard InChI is InChI=1S/C22H18BrN3O3/c1-14-6-2-3-7-17(14)21(28)25-19-9-5-4-8-18(19)22(29)26-24-13-15-12-16(23)10-11-20(15)27/h2-13,27H,1H3,(H,25,28)(H,26,29)/b24-13+. The van der Waals surface area contributed by atoms with Crippen LogP contribution in [-0.2, 0) is 0 Å². The van der Waals surface area contributed by atoms with Gasteiger partial charge in [0.2, 0.25) is 0 Å². The van der Waals surface area contributed by atoms with E-state index in [4.69, 9.17) is 0 Å². The minimum absolute atomic E-state index is 0.0390. The Morgan fingerprint density at radius 2 is 1.66 bits per heavy atom. The van der Waals surface area contributed by atoms with Crippen molar-refractivity contribution in [3.8, 4) is 5.75 Å². The van der Waals surface area contributed by atoms with Gasteiger partial charge < -0.3 is 10.4 Å². The predicted octanol–water partition coefficient (Wildman–Crippen LogP) is 4.48. The Morgan fingerprint density at radius 3 is 2.41 bits per heavy atom. The first-order chi connectivity index (χ1) is 14.0. The van der Waals surface area contributed by atoms with Crippen molar-refractivity contribution in [3.05, 3.63) is 93.5 Å². The van der Waals surface area contributed by atoms with Gasteiger partial charge in [0.05, 0.1) is 17.5 Å². The number of phenolic OH excluding ortho intramolecular Hbond substituents is 1. The molecule has 7 heteroatoms. The lowest BCUT2D eigenvalue weighted by Crippen LogP contribution is -2.21. The molecule has 3 aromatic rings. The second-order valence-electron chi connectivity index (χ2n) is 6.22. The van der Waals surface area contributed by atoms with Crippen LogP contribution in [0.1, 0.15) is 31.8 Å². The molecule has 0 radical (unpaired) electrons. The molecule has 0 saturated carbocycles. The van der Waals surface area contributed by atoms with Crippen molar-refractivity contribution in [1.29, 1.82) is 0 Å². The van der Waals surface area contributed by atoms with Crippen molar-refractivity contribution in [1.82, 2.24) is 5.43 Å². The topological polar surface area (TPSA) is 90.8 Å². The molecule has 6 nitrogen and oxygen atoms in total. The molecule has 29 heavy (non-hydrogen) atoms. The summed E-state index contributed by atoms with van der Waals surface area (Å²) in [5.74, 6) is -0.751. The number of benzene rings is 3. The second-order valence-corrected chi connectivity index (χ2v) is 7.13. The molecule has 0 bridgehead atoms. The number of carbonyl (C=O) groups is 2. The summed E-state index contributed by atoms with van der Waals surface area (Å²) in [4.78, 5) is 25.1. The number of aromatic hydroxyl groups is 1.